The lowest BCUT2D eigenvalue weighted by Crippen LogP contribution is -2.29. The van der Waals surface area contributed by atoms with Crippen LogP contribution in [0.2, 0.25) is 0 Å². The fourth-order valence-electron chi connectivity index (χ4n) is 1.75. The monoisotopic (exact) mass is 220 g/mol. The van der Waals surface area contributed by atoms with Crippen LogP contribution in [0.5, 0.6) is 5.75 Å². The predicted molar refractivity (Wildman–Crippen MR) is 60.2 cm³/mol. The van der Waals surface area contributed by atoms with Crippen LogP contribution in [0.4, 0.5) is 0 Å². The van der Waals surface area contributed by atoms with Crippen molar-refractivity contribution in [2.45, 2.75) is 26.2 Å². The van der Waals surface area contributed by atoms with Gasteiger partial charge in [-0.15, -0.1) is 0 Å². The highest BCUT2D eigenvalue weighted by Crippen LogP contribution is 2.47. The topological polar surface area (TPSA) is 62.2 Å². The summed E-state index contributed by atoms with van der Waals surface area (Å²) in [6.45, 7) is 2.87. The minimum absolute atomic E-state index is 0.0178. The van der Waals surface area contributed by atoms with Crippen molar-refractivity contribution in [2.24, 2.45) is 5.41 Å². The molecule has 0 aromatic carbocycles. The number of aromatic nitrogens is 1. The van der Waals surface area contributed by atoms with E-state index in [1.54, 1.807) is 0 Å². The SMILES string of the molecule is CCC1(CNC(=O)c2cncc(O)c2)CC1. The van der Waals surface area contributed by atoms with Gasteiger partial charge in [0.25, 0.3) is 5.91 Å². The second-order valence-corrected chi connectivity index (χ2v) is 4.47. The molecule has 4 heteroatoms. The summed E-state index contributed by atoms with van der Waals surface area (Å²) in [4.78, 5) is 15.5. The van der Waals surface area contributed by atoms with Crippen LogP contribution in [0.25, 0.3) is 0 Å². The zero-order chi connectivity index (χ0) is 11.6. The molecule has 0 aliphatic heterocycles. The first kappa shape index (κ1) is 10.9. The van der Waals surface area contributed by atoms with Crippen LogP contribution < -0.4 is 5.32 Å². The second-order valence-electron chi connectivity index (χ2n) is 4.47. The van der Waals surface area contributed by atoms with Gasteiger partial charge in [0, 0.05) is 12.7 Å². The number of rotatable bonds is 4. The van der Waals surface area contributed by atoms with Crippen molar-refractivity contribution in [1.29, 1.82) is 0 Å². The molecule has 1 heterocycles. The third-order valence-electron chi connectivity index (χ3n) is 3.32. The van der Waals surface area contributed by atoms with E-state index in [9.17, 15) is 9.90 Å². The Morgan fingerprint density at radius 2 is 2.31 bits per heavy atom. The number of nitrogens with one attached hydrogen (secondary N) is 1. The van der Waals surface area contributed by atoms with E-state index < -0.39 is 0 Å². The average Bonchev–Trinajstić information content (AvgIpc) is 3.07. The molecular weight excluding hydrogens is 204 g/mol. The van der Waals surface area contributed by atoms with Crippen molar-refractivity contribution < 1.29 is 9.90 Å². The standard InChI is InChI=1S/C12H16N2O2/c1-2-12(3-4-12)8-14-11(16)9-5-10(15)7-13-6-9/h5-7,15H,2-4,8H2,1H3,(H,14,16). The summed E-state index contributed by atoms with van der Waals surface area (Å²) in [6, 6.07) is 1.42. The Hall–Kier alpha value is -1.58. The Kier molecular flexibility index (Phi) is 2.81. The van der Waals surface area contributed by atoms with Gasteiger partial charge >= 0.3 is 0 Å². The first-order valence-corrected chi connectivity index (χ1v) is 5.57. The van der Waals surface area contributed by atoms with Gasteiger partial charge in [-0.2, -0.15) is 0 Å². The highest BCUT2D eigenvalue weighted by atomic mass is 16.3. The predicted octanol–water partition coefficient (Wildman–Crippen LogP) is 1.71. The molecule has 0 bridgehead atoms. The van der Waals surface area contributed by atoms with Crippen molar-refractivity contribution in [1.82, 2.24) is 10.3 Å². The van der Waals surface area contributed by atoms with Crippen LogP contribution in [-0.2, 0) is 0 Å². The first-order valence-electron chi connectivity index (χ1n) is 5.57. The van der Waals surface area contributed by atoms with Gasteiger partial charge in [0.15, 0.2) is 0 Å². The molecule has 1 aromatic rings. The van der Waals surface area contributed by atoms with Crippen molar-refractivity contribution >= 4 is 5.91 Å². The first-order chi connectivity index (χ1) is 7.65. The van der Waals surface area contributed by atoms with Gasteiger partial charge in [0.05, 0.1) is 11.8 Å². The Labute approximate surface area is 94.7 Å². The lowest BCUT2D eigenvalue weighted by Gasteiger charge is -2.13. The van der Waals surface area contributed by atoms with Gasteiger partial charge in [-0.05, 0) is 30.7 Å². The van der Waals surface area contributed by atoms with Crippen LogP contribution in [0.3, 0.4) is 0 Å². The summed E-state index contributed by atoms with van der Waals surface area (Å²) >= 11 is 0. The summed E-state index contributed by atoms with van der Waals surface area (Å²) in [7, 11) is 0. The van der Waals surface area contributed by atoms with E-state index in [1.165, 1.54) is 31.3 Å². The summed E-state index contributed by atoms with van der Waals surface area (Å²) in [5, 5.41) is 12.1. The molecule has 86 valence electrons. The minimum Gasteiger partial charge on any atom is -0.506 e. The molecule has 0 unspecified atom stereocenters. The number of pyridine rings is 1. The zero-order valence-electron chi connectivity index (χ0n) is 9.36. The summed E-state index contributed by atoms with van der Waals surface area (Å²) < 4.78 is 0. The number of amides is 1. The molecule has 2 rings (SSSR count). The van der Waals surface area contributed by atoms with Crippen LogP contribution >= 0.6 is 0 Å². The number of carbonyl (C=O) groups excluding carboxylic acids is 1. The molecular formula is C12H16N2O2. The van der Waals surface area contributed by atoms with E-state index in [1.807, 2.05) is 0 Å². The molecule has 1 aromatic heterocycles. The number of aromatic hydroxyl groups is 1. The highest BCUT2D eigenvalue weighted by Gasteiger charge is 2.40. The number of nitrogens with zero attached hydrogens (tertiary/aromatic N) is 1. The van der Waals surface area contributed by atoms with Crippen molar-refractivity contribution in [3.8, 4) is 5.75 Å². The normalized spacial score (nSPS) is 16.8. The molecule has 0 radical (unpaired) electrons. The molecule has 1 saturated carbocycles. The third kappa shape index (κ3) is 2.32. The van der Waals surface area contributed by atoms with Crippen molar-refractivity contribution in [2.75, 3.05) is 6.54 Å². The Bertz CT molecular complexity index is 400. The molecule has 0 saturated heterocycles. The molecule has 0 spiro atoms. The van der Waals surface area contributed by atoms with Crippen LogP contribution in [0, 0.1) is 5.41 Å². The zero-order valence-corrected chi connectivity index (χ0v) is 9.36. The van der Waals surface area contributed by atoms with E-state index in [0.717, 1.165) is 13.0 Å². The van der Waals surface area contributed by atoms with Gasteiger partial charge in [-0.25, -0.2) is 0 Å². The summed E-state index contributed by atoms with van der Waals surface area (Å²) in [6.07, 6.45) is 6.27. The Morgan fingerprint density at radius 1 is 1.56 bits per heavy atom. The van der Waals surface area contributed by atoms with E-state index >= 15 is 0 Å². The lowest BCUT2D eigenvalue weighted by molar-refractivity contribution is 0.0943. The quantitative estimate of drug-likeness (QED) is 0.812. The van der Waals surface area contributed by atoms with Gasteiger partial charge in [0.2, 0.25) is 0 Å². The largest absolute Gasteiger partial charge is 0.506 e. The number of carbonyl (C=O) groups is 1. The number of hydrogen-bond donors (Lipinski definition) is 2. The third-order valence-corrected chi connectivity index (χ3v) is 3.32. The Morgan fingerprint density at radius 3 is 2.88 bits per heavy atom. The summed E-state index contributed by atoms with van der Waals surface area (Å²) in [5.74, 6) is -0.146. The van der Waals surface area contributed by atoms with E-state index in [0.29, 0.717) is 11.0 Å². The maximum absolute atomic E-state index is 11.7. The molecule has 0 atom stereocenters. The maximum Gasteiger partial charge on any atom is 0.253 e. The fraction of sp³-hybridized carbons (Fsp3) is 0.500. The van der Waals surface area contributed by atoms with E-state index in [2.05, 4.69) is 17.2 Å². The van der Waals surface area contributed by atoms with Gasteiger partial charge in [-0.3, -0.25) is 9.78 Å². The van der Waals surface area contributed by atoms with E-state index in [4.69, 9.17) is 0 Å². The second kappa shape index (κ2) is 4.12. The van der Waals surface area contributed by atoms with Crippen LogP contribution in [0.1, 0.15) is 36.5 Å². The molecule has 1 fully saturated rings. The lowest BCUT2D eigenvalue weighted by atomic mass is 10.0. The van der Waals surface area contributed by atoms with Crippen molar-refractivity contribution in [3.05, 3.63) is 24.0 Å². The van der Waals surface area contributed by atoms with Gasteiger partial charge in [-0.1, -0.05) is 6.92 Å². The van der Waals surface area contributed by atoms with E-state index in [-0.39, 0.29) is 11.7 Å². The Balaban J connectivity index is 1.93. The smallest absolute Gasteiger partial charge is 0.253 e. The number of hydrogen-bond acceptors (Lipinski definition) is 3. The van der Waals surface area contributed by atoms with Gasteiger partial charge < -0.3 is 10.4 Å². The average molecular weight is 220 g/mol. The highest BCUT2D eigenvalue weighted by molar-refractivity contribution is 5.94. The van der Waals surface area contributed by atoms with Crippen LogP contribution in [0.15, 0.2) is 18.5 Å². The maximum atomic E-state index is 11.7. The fourth-order valence-corrected chi connectivity index (χ4v) is 1.75. The summed E-state index contributed by atoms with van der Waals surface area (Å²) in [5.41, 5.74) is 0.742. The minimum atomic E-state index is -0.164. The molecule has 1 aliphatic carbocycles. The molecule has 1 aliphatic rings. The molecule has 2 N–H and O–H groups in total. The van der Waals surface area contributed by atoms with Crippen LogP contribution in [-0.4, -0.2) is 22.5 Å². The molecule has 16 heavy (non-hydrogen) atoms. The molecule has 1 amide bonds. The van der Waals surface area contributed by atoms with Gasteiger partial charge in [0.1, 0.15) is 5.75 Å². The molecule has 4 nitrogen and oxygen atoms in total. The van der Waals surface area contributed by atoms with Crippen molar-refractivity contribution in [3.63, 3.8) is 0 Å².